The van der Waals surface area contributed by atoms with Crippen LogP contribution in [0.15, 0.2) is 18.2 Å². The summed E-state index contributed by atoms with van der Waals surface area (Å²) in [4.78, 5) is 11.6. The number of rotatable bonds is 0. The maximum atomic E-state index is 11.6. The van der Waals surface area contributed by atoms with Crippen molar-refractivity contribution in [3.05, 3.63) is 34.3 Å². The van der Waals surface area contributed by atoms with Crippen LogP contribution in [0.2, 0.25) is 5.02 Å². The summed E-state index contributed by atoms with van der Waals surface area (Å²) >= 11 is 5.86. The van der Waals surface area contributed by atoms with E-state index in [-0.39, 0.29) is 11.3 Å². The highest BCUT2D eigenvalue weighted by Crippen LogP contribution is 2.30. The number of carbonyl (C=O) groups excluding carboxylic acids is 1. The monoisotopic (exact) mass is 209 g/mol. The first-order valence-electron chi connectivity index (χ1n) is 4.59. The van der Waals surface area contributed by atoms with Crippen molar-refractivity contribution < 1.29 is 4.79 Å². The van der Waals surface area contributed by atoms with Crippen LogP contribution in [0.4, 0.5) is 0 Å². The summed E-state index contributed by atoms with van der Waals surface area (Å²) in [5.74, 6) is -0.0261. The zero-order valence-corrected chi connectivity index (χ0v) is 8.98. The predicted octanol–water partition coefficient (Wildman–Crippen LogP) is 2.36. The third-order valence-corrected chi connectivity index (χ3v) is 2.88. The van der Waals surface area contributed by atoms with Crippen LogP contribution < -0.4 is 5.32 Å². The molecule has 2 nitrogen and oxygen atoms in total. The van der Waals surface area contributed by atoms with Gasteiger partial charge in [-0.05, 0) is 17.7 Å². The Kier molecular flexibility index (Phi) is 2.04. The van der Waals surface area contributed by atoms with Gasteiger partial charge < -0.3 is 5.32 Å². The number of benzene rings is 1. The summed E-state index contributed by atoms with van der Waals surface area (Å²) in [6, 6.07) is 5.50. The summed E-state index contributed by atoms with van der Waals surface area (Å²) in [5.41, 5.74) is 1.77. The fourth-order valence-corrected chi connectivity index (χ4v) is 1.96. The molecular weight excluding hydrogens is 198 g/mol. The molecule has 1 amide bonds. The van der Waals surface area contributed by atoms with E-state index in [1.807, 2.05) is 12.1 Å². The Bertz CT molecular complexity index is 398. The van der Waals surface area contributed by atoms with Gasteiger partial charge in [0.25, 0.3) is 5.91 Å². The van der Waals surface area contributed by atoms with Gasteiger partial charge in [-0.15, -0.1) is 0 Å². The van der Waals surface area contributed by atoms with Crippen LogP contribution in [-0.4, -0.2) is 12.5 Å². The number of halogens is 1. The standard InChI is InChI=1S/C11H12ClNO/c1-11(2)6-13-10(14)8-5-7(12)3-4-9(8)11/h3-5H,6H2,1-2H3,(H,13,14). The van der Waals surface area contributed by atoms with Crippen molar-refractivity contribution in [3.8, 4) is 0 Å². The average molecular weight is 210 g/mol. The first-order valence-corrected chi connectivity index (χ1v) is 4.97. The lowest BCUT2D eigenvalue weighted by atomic mass is 9.79. The first kappa shape index (κ1) is 9.53. The summed E-state index contributed by atoms with van der Waals surface area (Å²) in [5, 5.41) is 3.47. The van der Waals surface area contributed by atoms with E-state index in [2.05, 4.69) is 19.2 Å². The second-order valence-electron chi connectivity index (χ2n) is 4.26. The fraction of sp³-hybridized carbons (Fsp3) is 0.364. The van der Waals surface area contributed by atoms with E-state index in [0.29, 0.717) is 17.1 Å². The molecule has 3 heteroatoms. The van der Waals surface area contributed by atoms with E-state index in [1.54, 1.807) is 6.07 Å². The average Bonchev–Trinajstić information content (AvgIpc) is 2.12. The summed E-state index contributed by atoms with van der Waals surface area (Å²) in [7, 11) is 0. The van der Waals surface area contributed by atoms with Gasteiger partial charge in [-0.3, -0.25) is 4.79 Å². The summed E-state index contributed by atoms with van der Waals surface area (Å²) in [6.45, 7) is 4.90. The largest absolute Gasteiger partial charge is 0.351 e. The smallest absolute Gasteiger partial charge is 0.251 e. The normalized spacial score (nSPS) is 18.6. The van der Waals surface area contributed by atoms with Gasteiger partial charge in [-0.1, -0.05) is 31.5 Å². The van der Waals surface area contributed by atoms with E-state index in [1.165, 1.54) is 0 Å². The first-order chi connectivity index (χ1) is 6.50. The minimum Gasteiger partial charge on any atom is -0.351 e. The molecule has 1 aromatic rings. The molecule has 0 unspecified atom stereocenters. The lowest BCUT2D eigenvalue weighted by Gasteiger charge is -2.32. The molecule has 2 rings (SSSR count). The minimum absolute atomic E-state index is 0.00612. The van der Waals surface area contributed by atoms with Crippen LogP contribution in [0.3, 0.4) is 0 Å². The van der Waals surface area contributed by atoms with E-state index in [0.717, 1.165) is 5.56 Å². The highest BCUT2D eigenvalue weighted by Gasteiger charge is 2.31. The number of carbonyl (C=O) groups is 1. The van der Waals surface area contributed by atoms with Gasteiger partial charge in [-0.2, -0.15) is 0 Å². The Labute approximate surface area is 88.3 Å². The molecule has 0 fully saturated rings. The summed E-state index contributed by atoms with van der Waals surface area (Å²) in [6.07, 6.45) is 0. The third kappa shape index (κ3) is 1.40. The van der Waals surface area contributed by atoms with E-state index in [9.17, 15) is 4.79 Å². The number of amides is 1. The van der Waals surface area contributed by atoms with Crippen LogP contribution in [-0.2, 0) is 5.41 Å². The maximum absolute atomic E-state index is 11.6. The van der Waals surface area contributed by atoms with Crippen molar-refractivity contribution >= 4 is 17.5 Å². The molecule has 1 heterocycles. The quantitative estimate of drug-likeness (QED) is 0.699. The van der Waals surface area contributed by atoms with Crippen molar-refractivity contribution in [1.82, 2.24) is 5.32 Å². The lowest BCUT2D eigenvalue weighted by Crippen LogP contribution is -2.43. The van der Waals surface area contributed by atoms with E-state index >= 15 is 0 Å². The molecule has 74 valence electrons. The molecule has 1 N–H and O–H groups in total. The Hall–Kier alpha value is -1.02. The second-order valence-corrected chi connectivity index (χ2v) is 4.69. The van der Waals surface area contributed by atoms with Crippen molar-refractivity contribution in [3.63, 3.8) is 0 Å². The Morgan fingerprint density at radius 1 is 1.43 bits per heavy atom. The molecule has 0 aliphatic carbocycles. The maximum Gasteiger partial charge on any atom is 0.251 e. The SMILES string of the molecule is CC1(C)CNC(=O)c2cc(Cl)ccc21. The molecule has 0 spiro atoms. The van der Waals surface area contributed by atoms with Crippen molar-refractivity contribution in [2.45, 2.75) is 19.3 Å². The molecule has 0 radical (unpaired) electrons. The van der Waals surface area contributed by atoms with Gasteiger partial charge in [0.05, 0.1) is 0 Å². The van der Waals surface area contributed by atoms with Crippen LogP contribution in [0.25, 0.3) is 0 Å². The highest BCUT2D eigenvalue weighted by atomic mass is 35.5. The number of hydrogen-bond acceptors (Lipinski definition) is 1. The van der Waals surface area contributed by atoms with Gasteiger partial charge in [0, 0.05) is 22.5 Å². The van der Waals surface area contributed by atoms with Gasteiger partial charge in [0.15, 0.2) is 0 Å². The number of hydrogen-bond donors (Lipinski definition) is 1. The lowest BCUT2D eigenvalue weighted by molar-refractivity contribution is 0.0930. The van der Waals surface area contributed by atoms with Gasteiger partial charge in [-0.25, -0.2) is 0 Å². The van der Waals surface area contributed by atoms with Crippen LogP contribution in [0.5, 0.6) is 0 Å². The van der Waals surface area contributed by atoms with Gasteiger partial charge in [0.1, 0.15) is 0 Å². The molecule has 1 aliphatic rings. The second kappa shape index (κ2) is 2.99. The predicted molar refractivity (Wildman–Crippen MR) is 56.8 cm³/mol. The Balaban J connectivity index is 2.63. The van der Waals surface area contributed by atoms with Crippen molar-refractivity contribution in [1.29, 1.82) is 0 Å². The molecule has 0 atom stereocenters. The zero-order chi connectivity index (χ0) is 10.3. The molecular formula is C11H12ClNO. The van der Waals surface area contributed by atoms with Crippen LogP contribution in [0, 0.1) is 0 Å². The minimum atomic E-state index is -0.0261. The number of nitrogens with one attached hydrogen (secondary N) is 1. The fourth-order valence-electron chi connectivity index (χ4n) is 1.79. The molecule has 14 heavy (non-hydrogen) atoms. The number of fused-ring (bicyclic) bond motifs is 1. The molecule has 0 bridgehead atoms. The van der Waals surface area contributed by atoms with Gasteiger partial charge in [0.2, 0.25) is 0 Å². The van der Waals surface area contributed by atoms with E-state index < -0.39 is 0 Å². The zero-order valence-electron chi connectivity index (χ0n) is 8.23. The highest BCUT2D eigenvalue weighted by molar-refractivity contribution is 6.31. The molecule has 0 aromatic heterocycles. The Morgan fingerprint density at radius 2 is 2.14 bits per heavy atom. The van der Waals surface area contributed by atoms with E-state index in [4.69, 9.17) is 11.6 Å². The van der Waals surface area contributed by atoms with Crippen LogP contribution >= 0.6 is 11.6 Å². The summed E-state index contributed by atoms with van der Waals surface area (Å²) < 4.78 is 0. The molecule has 0 saturated carbocycles. The van der Waals surface area contributed by atoms with Crippen molar-refractivity contribution in [2.24, 2.45) is 0 Å². The van der Waals surface area contributed by atoms with Crippen molar-refractivity contribution in [2.75, 3.05) is 6.54 Å². The molecule has 1 aromatic carbocycles. The molecule has 0 saturated heterocycles. The Morgan fingerprint density at radius 3 is 2.86 bits per heavy atom. The topological polar surface area (TPSA) is 29.1 Å². The van der Waals surface area contributed by atoms with Crippen LogP contribution in [0.1, 0.15) is 29.8 Å². The van der Waals surface area contributed by atoms with Gasteiger partial charge >= 0.3 is 0 Å². The third-order valence-electron chi connectivity index (χ3n) is 2.65. The molecule has 1 aliphatic heterocycles.